The van der Waals surface area contributed by atoms with Gasteiger partial charge in [-0.3, -0.25) is 4.79 Å². The van der Waals surface area contributed by atoms with Crippen LogP contribution in [0, 0.1) is 0 Å². The van der Waals surface area contributed by atoms with E-state index in [0.29, 0.717) is 22.1 Å². The maximum Gasteiger partial charge on any atom is 0.331 e. The summed E-state index contributed by atoms with van der Waals surface area (Å²) in [5, 5.41) is 2.83. The fourth-order valence-corrected chi connectivity index (χ4v) is 3.51. The first kappa shape index (κ1) is 24.5. The number of methoxy groups -OCH3 is 2. The van der Waals surface area contributed by atoms with Gasteiger partial charge in [0.2, 0.25) is 0 Å². The van der Waals surface area contributed by atoms with Crippen LogP contribution in [0.15, 0.2) is 41.3 Å². The van der Waals surface area contributed by atoms with Crippen LogP contribution in [0.4, 0.5) is 5.69 Å². The average molecular weight is 488 g/mol. The highest BCUT2D eigenvalue weighted by atomic mass is 35.5. The third-order valence-corrected chi connectivity index (χ3v) is 5.57. The molecule has 0 aliphatic rings. The zero-order chi connectivity index (χ0) is 23.2. The first-order valence-corrected chi connectivity index (χ1v) is 11.3. The minimum Gasteiger partial charge on any atom is -0.493 e. The molecule has 0 atom stereocenters. The lowest BCUT2D eigenvalue weighted by Gasteiger charge is -2.10. The van der Waals surface area contributed by atoms with E-state index in [-0.39, 0.29) is 15.6 Å². The molecule has 0 saturated carbocycles. The Morgan fingerprint density at radius 1 is 1.06 bits per heavy atom. The standard InChI is InChI=1S/C20H19Cl2NO7S/c1-28-17-9-12(8-15(22)20(17)29-2)4-7-19(25)30-11-18(24)23-16-10-13(31(3,26)27)5-6-14(16)21/h4-10H,11H2,1-3H3,(H,23,24). The van der Waals surface area contributed by atoms with Gasteiger partial charge in [-0.05, 0) is 42.0 Å². The third-order valence-electron chi connectivity index (χ3n) is 3.85. The summed E-state index contributed by atoms with van der Waals surface area (Å²) in [5.41, 5.74) is 0.634. The maximum absolute atomic E-state index is 12.0. The second-order valence-electron chi connectivity index (χ2n) is 6.14. The van der Waals surface area contributed by atoms with Crippen molar-refractivity contribution in [1.82, 2.24) is 0 Å². The van der Waals surface area contributed by atoms with Crippen molar-refractivity contribution in [2.24, 2.45) is 0 Å². The van der Waals surface area contributed by atoms with Gasteiger partial charge in [0.25, 0.3) is 5.91 Å². The summed E-state index contributed by atoms with van der Waals surface area (Å²) >= 11 is 12.1. The van der Waals surface area contributed by atoms with E-state index >= 15 is 0 Å². The summed E-state index contributed by atoms with van der Waals surface area (Å²) in [7, 11) is -0.579. The smallest absolute Gasteiger partial charge is 0.331 e. The number of benzene rings is 2. The van der Waals surface area contributed by atoms with Crippen molar-refractivity contribution in [3.63, 3.8) is 0 Å². The molecule has 2 rings (SSSR count). The molecular formula is C20H19Cl2NO7S. The largest absolute Gasteiger partial charge is 0.493 e. The normalized spacial score (nSPS) is 11.3. The molecule has 0 aliphatic heterocycles. The van der Waals surface area contributed by atoms with E-state index in [1.807, 2.05) is 0 Å². The van der Waals surface area contributed by atoms with Gasteiger partial charge in [0, 0.05) is 12.3 Å². The number of esters is 1. The number of amides is 1. The number of carbonyl (C=O) groups excluding carboxylic acids is 2. The molecule has 0 heterocycles. The van der Waals surface area contributed by atoms with Gasteiger partial charge in [-0.25, -0.2) is 13.2 Å². The Balaban J connectivity index is 1.99. The highest BCUT2D eigenvalue weighted by Crippen LogP contribution is 2.36. The van der Waals surface area contributed by atoms with E-state index in [4.69, 9.17) is 37.4 Å². The van der Waals surface area contributed by atoms with Gasteiger partial charge in [0.15, 0.2) is 27.9 Å². The topological polar surface area (TPSA) is 108 Å². The Bertz CT molecular complexity index is 1130. The van der Waals surface area contributed by atoms with Crippen molar-refractivity contribution in [3.8, 4) is 11.5 Å². The lowest BCUT2D eigenvalue weighted by Crippen LogP contribution is -2.20. The molecule has 0 fully saturated rings. The first-order valence-electron chi connectivity index (χ1n) is 8.61. The second-order valence-corrected chi connectivity index (χ2v) is 8.97. The van der Waals surface area contributed by atoms with Crippen LogP contribution in [0.2, 0.25) is 10.0 Å². The van der Waals surface area contributed by atoms with Gasteiger partial charge in [-0.2, -0.15) is 0 Å². The van der Waals surface area contributed by atoms with Crippen molar-refractivity contribution in [2.45, 2.75) is 4.90 Å². The Morgan fingerprint density at radius 2 is 1.77 bits per heavy atom. The van der Waals surface area contributed by atoms with Crippen molar-refractivity contribution >= 4 is 56.7 Å². The number of hydrogen-bond donors (Lipinski definition) is 1. The molecule has 0 unspecified atom stereocenters. The minimum absolute atomic E-state index is 0.0132. The monoisotopic (exact) mass is 487 g/mol. The van der Waals surface area contributed by atoms with Crippen LogP contribution < -0.4 is 14.8 Å². The molecule has 0 aliphatic carbocycles. The lowest BCUT2D eigenvalue weighted by molar-refractivity contribution is -0.142. The number of hydrogen-bond acceptors (Lipinski definition) is 7. The Kier molecular flexibility index (Phi) is 8.32. The van der Waals surface area contributed by atoms with Crippen molar-refractivity contribution in [3.05, 3.63) is 52.0 Å². The molecule has 0 radical (unpaired) electrons. The van der Waals surface area contributed by atoms with Gasteiger partial charge in [0.05, 0.1) is 34.8 Å². The third kappa shape index (κ3) is 6.88. The van der Waals surface area contributed by atoms with E-state index < -0.39 is 28.3 Å². The Morgan fingerprint density at radius 3 is 2.39 bits per heavy atom. The zero-order valence-electron chi connectivity index (χ0n) is 16.8. The molecule has 1 N–H and O–H groups in total. The molecule has 0 saturated heterocycles. The van der Waals surface area contributed by atoms with Gasteiger partial charge in [-0.15, -0.1) is 0 Å². The second kappa shape index (κ2) is 10.5. The summed E-state index contributed by atoms with van der Waals surface area (Å²) < 4.78 is 38.4. The van der Waals surface area contributed by atoms with Crippen LogP contribution in [0.25, 0.3) is 6.08 Å². The van der Waals surface area contributed by atoms with E-state index in [1.54, 1.807) is 12.1 Å². The lowest BCUT2D eigenvalue weighted by atomic mass is 10.2. The number of rotatable bonds is 8. The average Bonchev–Trinajstić information content (AvgIpc) is 2.71. The molecule has 0 bridgehead atoms. The number of anilines is 1. The van der Waals surface area contributed by atoms with E-state index in [2.05, 4.69) is 5.32 Å². The molecular weight excluding hydrogens is 469 g/mol. The summed E-state index contributed by atoms with van der Waals surface area (Å²) in [4.78, 5) is 23.9. The molecule has 0 spiro atoms. The van der Waals surface area contributed by atoms with Gasteiger partial charge < -0.3 is 19.5 Å². The first-order chi connectivity index (χ1) is 14.5. The summed E-state index contributed by atoms with van der Waals surface area (Å²) in [6.45, 7) is -0.602. The van der Waals surface area contributed by atoms with Crippen molar-refractivity contribution < 1.29 is 32.2 Å². The van der Waals surface area contributed by atoms with E-state index in [0.717, 1.165) is 12.3 Å². The van der Waals surface area contributed by atoms with E-state index in [9.17, 15) is 18.0 Å². The SMILES string of the molecule is COc1cc(C=CC(=O)OCC(=O)Nc2cc(S(C)(=O)=O)ccc2Cl)cc(Cl)c1OC. The predicted octanol–water partition coefficient (Wildman–Crippen LogP) is 3.61. The predicted molar refractivity (Wildman–Crippen MR) is 118 cm³/mol. The maximum atomic E-state index is 12.0. The molecule has 0 aromatic heterocycles. The molecule has 1 amide bonds. The number of nitrogens with one attached hydrogen (secondary N) is 1. The van der Waals surface area contributed by atoms with Crippen LogP contribution in [0.3, 0.4) is 0 Å². The fourth-order valence-electron chi connectivity index (χ4n) is 2.40. The highest BCUT2D eigenvalue weighted by molar-refractivity contribution is 7.90. The number of halogens is 2. The summed E-state index contributed by atoms with van der Waals surface area (Å²) in [6.07, 6.45) is 3.57. The molecule has 11 heteroatoms. The summed E-state index contributed by atoms with van der Waals surface area (Å²) in [5.74, 6) is -0.727. The quantitative estimate of drug-likeness (QED) is 0.447. The van der Waals surface area contributed by atoms with Gasteiger partial charge >= 0.3 is 5.97 Å². The Hall–Kier alpha value is -2.75. The number of ether oxygens (including phenoxy) is 3. The van der Waals surface area contributed by atoms with Crippen LogP contribution in [-0.2, 0) is 24.2 Å². The molecule has 166 valence electrons. The van der Waals surface area contributed by atoms with Crippen LogP contribution in [-0.4, -0.2) is 47.4 Å². The molecule has 8 nitrogen and oxygen atoms in total. The van der Waals surface area contributed by atoms with Gasteiger partial charge in [0.1, 0.15) is 0 Å². The molecule has 2 aromatic rings. The van der Waals surface area contributed by atoms with Crippen LogP contribution >= 0.6 is 23.2 Å². The molecule has 2 aromatic carbocycles. The zero-order valence-corrected chi connectivity index (χ0v) is 19.1. The van der Waals surface area contributed by atoms with E-state index in [1.165, 1.54) is 38.5 Å². The highest BCUT2D eigenvalue weighted by Gasteiger charge is 2.14. The van der Waals surface area contributed by atoms with Crippen LogP contribution in [0.1, 0.15) is 5.56 Å². The van der Waals surface area contributed by atoms with Crippen molar-refractivity contribution in [2.75, 3.05) is 32.4 Å². The number of sulfone groups is 1. The fraction of sp³-hybridized carbons (Fsp3) is 0.200. The van der Waals surface area contributed by atoms with Crippen molar-refractivity contribution in [1.29, 1.82) is 0 Å². The summed E-state index contributed by atoms with van der Waals surface area (Å²) in [6, 6.07) is 7.06. The minimum atomic E-state index is -3.48. The Labute approximate surface area is 189 Å². The van der Waals surface area contributed by atoms with Gasteiger partial charge in [-0.1, -0.05) is 23.2 Å². The number of carbonyl (C=O) groups is 2. The van der Waals surface area contributed by atoms with Crippen LogP contribution in [0.5, 0.6) is 11.5 Å². The molecule has 31 heavy (non-hydrogen) atoms.